The Morgan fingerprint density at radius 2 is 1.44 bits per heavy atom. The number of ether oxygens (including phenoxy) is 1. The highest BCUT2D eigenvalue weighted by Crippen LogP contribution is 2.46. The number of benzene rings is 3. The van der Waals surface area contributed by atoms with E-state index in [-0.39, 0.29) is 41.9 Å². The zero-order valence-electron chi connectivity index (χ0n) is 28.6. The molecule has 0 aromatic heterocycles. The SMILES string of the molecule is COc1ccc(C(C)C)cc1CN(OC(=O)CC(O)(CC(=O)O)C(=O)O)C1C2CCC(CC2)C1N=NC(c1ccccc1)c1ccccc1.O. The van der Waals surface area contributed by atoms with Crippen molar-refractivity contribution in [2.24, 2.45) is 22.1 Å². The van der Waals surface area contributed by atoms with E-state index in [1.165, 1.54) is 0 Å². The smallest absolute Gasteiger partial charge is 0.336 e. The van der Waals surface area contributed by atoms with E-state index < -0.39 is 42.4 Å². The van der Waals surface area contributed by atoms with Crippen molar-refractivity contribution < 1.29 is 44.8 Å². The number of carbonyl (C=O) groups excluding carboxylic acids is 1. The van der Waals surface area contributed by atoms with Crippen molar-refractivity contribution >= 4 is 17.9 Å². The molecule has 3 aromatic carbocycles. The number of hydrogen-bond donors (Lipinski definition) is 3. The minimum atomic E-state index is -2.84. The Balaban J connectivity index is 0.00000562. The zero-order chi connectivity index (χ0) is 35.1. The lowest BCUT2D eigenvalue weighted by molar-refractivity contribution is -0.228. The fourth-order valence-electron chi connectivity index (χ4n) is 7.21. The van der Waals surface area contributed by atoms with E-state index in [2.05, 4.69) is 13.8 Å². The topological polar surface area (TPSA) is 190 Å². The molecule has 3 aliphatic rings. The number of carbonyl (C=O) groups is 3. The summed E-state index contributed by atoms with van der Waals surface area (Å²) in [5.74, 6) is -3.38. The van der Waals surface area contributed by atoms with Crippen LogP contribution in [0.1, 0.15) is 86.6 Å². The Kier molecular flexibility index (Phi) is 12.9. The molecule has 2 bridgehead atoms. The van der Waals surface area contributed by atoms with Crippen LogP contribution in [0.15, 0.2) is 89.1 Å². The first-order chi connectivity index (χ1) is 23.5. The zero-order valence-corrected chi connectivity index (χ0v) is 28.6. The van der Waals surface area contributed by atoms with Crippen molar-refractivity contribution in [3.05, 3.63) is 101 Å². The van der Waals surface area contributed by atoms with Crippen LogP contribution >= 0.6 is 0 Å². The van der Waals surface area contributed by atoms with Gasteiger partial charge in [0.2, 0.25) is 0 Å². The molecule has 0 radical (unpaired) electrons. The number of methoxy groups -OCH3 is 1. The first kappa shape index (κ1) is 38.2. The molecule has 0 saturated heterocycles. The lowest BCUT2D eigenvalue weighted by Crippen LogP contribution is -2.56. The van der Waals surface area contributed by atoms with Crippen LogP contribution < -0.4 is 4.74 Å². The van der Waals surface area contributed by atoms with Crippen molar-refractivity contribution in [2.45, 2.75) is 88.6 Å². The van der Waals surface area contributed by atoms with E-state index in [9.17, 15) is 29.7 Å². The Hall–Kier alpha value is -4.65. The Bertz CT molecular complexity index is 1590. The summed E-state index contributed by atoms with van der Waals surface area (Å²) in [6, 6.07) is 24.6. The Labute approximate surface area is 292 Å². The number of hydroxylamine groups is 2. The molecular weight excluding hydrogens is 642 g/mol. The van der Waals surface area contributed by atoms with Gasteiger partial charge in [0.1, 0.15) is 11.8 Å². The van der Waals surface area contributed by atoms with E-state index in [1.807, 2.05) is 78.9 Å². The quantitative estimate of drug-likeness (QED) is 0.132. The van der Waals surface area contributed by atoms with Gasteiger partial charge in [0.05, 0.1) is 38.6 Å². The first-order valence-electron chi connectivity index (χ1n) is 16.8. The molecule has 3 unspecified atom stereocenters. The average Bonchev–Trinajstić information content (AvgIpc) is 3.09. The molecule has 12 heteroatoms. The third-order valence-corrected chi connectivity index (χ3v) is 9.81. The maximum atomic E-state index is 13.5. The molecule has 3 aliphatic carbocycles. The number of aliphatic carboxylic acids is 2. The molecule has 0 amide bonds. The van der Waals surface area contributed by atoms with Gasteiger partial charge in [0, 0.05) is 5.56 Å². The van der Waals surface area contributed by atoms with Gasteiger partial charge in [-0.1, -0.05) is 86.6 Å². The van der Waals surface area contributed by atoms with Gasteiger partial charge in [-0.2, -0.15) is 10.2 Å². The third-order valence-electron chi connectivity index (χ3n) is 9.81. The minimum absolute atomic E-state index is 0. The lowest BCUT2D eigenvalue weighted by Gasteiger charge is -2.49. The molecule has 3 fully saturated rings. The largest absolute Gasteiger partial charge is 0.496 e. The molecular formula is C38H47N3O9. The Morgan fingerprint density at radius 1 is 0.860 bits per heavy atom. The van der Waals surface area contributed by atoms with Crippen LogP contribution in [0.4, 0.5) is 0 Å². The highest BCUT2D eigenvalue weighted by atomic mass is 16.7. The summed E-state index contributed by atoms with van der Waals surface area (Å²) in [5.41, 5.74) is 0.940. The third kappa shape index (κ3) is 8.92. The number of aliphatic hydroxyl groups is 1. The summed E-state index contributed by atoms with van der Waals surface area (Å²) in [6.07, 6.45) is 1.45. The number of fused-ring (bicyclic) bond motifs is 3. The van der Waals surface area contributed by atoms with Crippen LogP contribution in [0, 0.1) is 11.8 Å². The van der Waals surface area contributed by atoms with Gasteiger partial charge < -0.3 is 30.4 Å². The van der Waals surface area contributed by atoms with Gasteiger partial charge in [-0.05, 0) is 66.2 Å². The molecule has 0 heterocycles. The van der Waals surface area contributed by atoms with Crippen molar-refractivity contribution in [2.75, 3.05) is 7.11 Å². The van der Waals surface area contributed by atoms with Gasteiger partial charge in [0.25, 0.3) is 0 Å². The summed E-state index contributed by atoms with van der Waals surface area (Å²) in [5, 5.41) is 41.2. The second-order valence-electron chi connectivity index (χ2n) is 13.5. The summed E-state index contributed by atoms with van der Waals surface area (Å²) in [6.45, 7) is 4.25. The summed E-state index contributed by atoms with van der Waals surface area (Å²) in [4.78, 5) is 42.8. The van der Waals surface area contributed by atoms with E-state index in [4.69, 9.17) is 19.8 Å². The molecule has 12 nitrogen and oxygen atoms in total. The highest BCUT2D eigenvalue weighted by molar-refractivity contribution is 5.88. The standard InChI is InChI=1S/C38H45N3O8.H2O/c1-24(2)29-18-19-31(48-3)30(20-29)23-41(49-33(44)22-38(47,37(45)46)21-32(42)43)36-28-16-14-27(15-17-28)35(36)40-39-34(25-10-6-4-7-11-25)26-12-8-5-9-13-26;/h4-13,18-20,24,27-28,34-36,47H,14-17,21-23H2,1-3H3,(H,42,43)(H,45,46);1H2. The van der Waals surface area contributed by atoms with Crippen LogP contribution in [-0.2, 0) is 25.8 Å². The van der Waals surface area contributed by atoms with Gasteiger partial charge in [-0.3, -0.25) is 9.59 Å². The number of nitrogens with zero attached hydrogens (tertiary/aromatic N) is 3. The van der Waals surface area contributed by atoms with Crippen LogP contribution in [0.25, 0.3) is 0 Å². The number of rotatable bonds is 15. The maximum absolute atomic E-state index is 13.5. The van der Waals surface area contributed by atoms with Gasteiger partial charge in [-0.15, -0.1) is 5.06 Å². The molecule has 3 saturated carbocycles. The molecule has 0 aliphatic heterocycles. The fraction of sp³-hybridized carbons (Fsp3) is 0.447. The maximum Gasteiger partial charge on any atom is 0.336 e. The van der Waals surface area contributed by atoms with Crippen molar-refractivity contribution in [1.82, 2.24) is 5.06 Å². The van der Waals surface area contributed by atoms with E-state index in [0.717, 1.165) is 47.9 Å². The molecule has 0 spiro atoms. The Morgan fingerprint density at radius 3 is 1.96 bits per heavy atom. The molecule has 268 valence electrons. The molecule has 3 aromatic rings. The molecule has 3 atom stereocenters. The number of carboxylic acids is 2. The molecule has 5 N–H and O–H groups in total. The minimum Gasteiger partial charge on any atom is -0.496 e. The summed E-state index contributed by atoms with van der Waals surface area (Å²) >= 11 is 0. The summed E-state index contributed by atoms with van der Waals surface area (Å²) < 4.78 is 5.70. The van der Waals surface area contributed by atoms with Crippen molar-refractivity contribution in [3.8, 4) is 5.75 Å². The van der Waals surface area contributed by atoms with Crippen molar-refractivity contribution in [1.29, 1.82) is 0 Å². The predicted molar refractivity (Wildman–Crippen MR) is 184 cm³/mol. The summed E-state index contributed by atoms with van der Waals surface area (Å²) in [7, 11) is 1.57. The van der Waals surface area contributed by atoms with E-state index in [1.54, 1.807) is 12.2 Å². The fourth-order valence-corrected chi connectivity index (χ4v) is 7.21. The van der Waals surface area contributed by atoms with E-state index in [0.29, 0.717) is 5.75 Å². The lowest BCUT2D eigenvalue weighted by atomic mass is 9.65. The van der Waals surface area contributed by atoms with Crippen LogP contribution in [0.3, 0.4) is 0 Å². The average molecular weight is 690 g/mol. The highest BCUT2D eigenvalue weighted by Gasteiger charge is 2.49. The van der Waals surface area contributed by atoms with Gasteiger partial charge in [0.15, 0.2) is 5.60 Å². The van der Waals surface area contributed by atoms with E-state index >= 15 is 0 Å². The van der Waals surface area contributed by atoms with Gasteiger partial charge >= 0.3 is 17.9 Å². The predicted octanol–water partition coefficient (Wildman–Crippen LogP) is 5.73. The van der Waals surface area contributed by atoms with Crippen LogP contribution in [0.2, 0.25) is 0 Å². The monoisotopic (exact) mass is 689 g/mol. The van der Waals surface area contributed by atoms with Gasteiger partial charge in [-0.25, -0.2) is 4.79 Å². The van der Waals surface area contributed by atoms with Crippen LogP contribution in [-0.4, -0.2) is 68.6 Å². The molecule has 6 rings (SSSR count). The number of hydrogen-bond acceptors (Lipinski definition) is 9. The second kappa shape index (κ2) is 16.8. The normalized spacial score (nSPS) is 21.2. The molecule has 50 heavy (non-hydrogen) atoms. The van der Waals surface area contributed by atoms with Crippen LogP contribution in [0.5, 0.6) is 5.75 Å². The first-order valence-corrected chi connectivity index (χ1v) is 16.8. The van der Waals surface area contributed by atoms with Crippen molar-refractivity contribution in [3.63, 3.8) is 0 Å². The number of carboxylic acid groups (broad SMARTS) is 2. The second-order valence-corrected chi connectivity index (χ2v) is 13.5. The number of azo groups is 1.